The third kappa shape index (κ3) is 3.17. The van der Waals surface area contributed by atoms with Gasteiger partial charge in [0.1, 0.15) is 17.6 Å². The maximum absolute atomic E-state index is 12.7. The van der Waals surface area contributed by atoms with E-state index in [1.54, 1.807) is 24.3 Å². The summed E-state index contributed by atoms with van der Waals surface area (Å²) in [6, 6.07) is 13.9. The average molecular weight is 255 g/mol. The number of nitrogens with zero attached hydrogens (tertiary/aromatic N) is 1. The summed E-state index contributed by atoms with van der Waals surface area (Å²) in [4.78, 5) is 11.8. The third-order valence-electron chi connectivity index (χ3n) is 2.53. The number of hydrogen-bond donors (Lipinski definition) is 0. The molecule has 4 heteroatoms. The van der Waals surface area contributed by atoms with Crippen LogP contribution in [0.5, 0.6) is 5.75 Å². The van der Waals surface area contributed by atoms with Crippen molar-refractivity contribution in [2.45, 2.75) is 0 Å². The van der Waals surface area contributed by atoms with Crippen molar-refractivity contribution in [3.8, 4) is 11.8 Å². The normalized spacial score (nSPS) is 9.68. The van der Waals surface area contributed by atoms with Gasteiger partial charge in [-0.15, -0.1) is 0 Å². The van der Waals surface area contributed by atoms with Gasteiger partial charge in [0.05, 0.1) is 5.56 Å². The van der Waals surface area contributed by atoms with Crippen molar-refractivity contribution in [2.24, 2.45) is 0 Å². The van der Waals surface area contributed by atoms with Gasteiger partial charge >= 0.3 is 0 Å². The van der Waals surface area contributed by atoms with Gasteiger partial charge in [-0.2, -0.15) is 5.26 Å². The van der Waals surface area contributed by atoms with Crippen LogP contribution in [0.2, 0.25) is 0 Å². The Balaban J connectivity index is 2.05. The molecule has 0 aliphatic carbocycles. The molecule has 3 nitrogen and oxygen atoms in total. The first kappa shape index (κ1) is 12.8. The van der Waals surface area contributed by atoms with E-state index < -0.39 is 5.82 Å². The number of hydrogen-bond acceptors (Lipinski definition) is 3. The van der Waals surface area contributed by atoms with E-state index in [-0.39, 0.29) is 12.4 Å². The van der Waals surface area contributed by atoms with Crippen molar-refractivity contribution in [1.82, 2.24) is 0 Å². The van der Waals surface area contributed by atoms with Crippen LogP contribution in [0.15, 0.2) is 48.5 Å². The van der Waals surface area contributed by atoms with Gasteiger partial charge in [0.2, 0.25) is 0 Å². The Morgan fingerprint density at radius 3 is 2.53 bits per heavy atom. The molecule has 0 bridgehead atoms. The van der Waals surface area contributed by atoms with Crippen LogP contribution in [0, 0.1) is 17.1 Å². The maximum atomic E-state index is 12.7. The van der Waals surface area contributed by atoms with Crippen LogP contribution in [-0.4, -0.2) is 12.4 Å². The van der Waals surface area contributed by atoms with Crippen molar-refractivity contribution in [3.63, 3.8) is 0 Å². The number of Topliss-reactive ketones (excluding diaryl/α,β-unsaturated/α-hetero) is 1. The standard InChI is InChI=1S/C15H10FNO2/c16-13-7-5-11(6-8-13)14(18)10-19-15-4-2-1-3-12(15)9-17/h1-8H,10H2. The van der Waals surface area contributed by atoms with Crippen molar-refractivity contribution < 1.29 is 13.9 Å². The summed E-state index contributed by atoms with van der Waals surface area (Å²) in [7, 11) is 0. The Hall–Kier alpha value is -2.67. The molecule has 0 spiro atoms. The summed E-state index contributed by atoms with van der Waals surface area (Å²) >= 11 is 0. The Morgan fingerprint density at radius 1 is 1.16 bits per heavy atom. The minimum absolute atomic E-state index is 0.190. The molecule has 2 rings (SSSR count). The van der Waals surface area contributed by atoms with Gasteiger partial charge in [-0.25, -0.2) is 4.39 Å². The first-order valence-electron chi connectivity index (χ1n) is 5.61. The highest BCUT2D eigenvalue weighted by Crippen LogP contribution is 2.16. The number of nitriles is 1. The molecule has 94 valence electrons. The summed E-state index contributed by atoms with van der Waals surface area (Å²) in [5.41, 5.74) is 0.741. The highest BCUT2D eigenvalue weighted by Gasteiger charge is 2.08. The Labute approximate surface area is 109 Å². The predicted molar refractivity (Wildman–Crippen MR) is 67.4 cm³/mol. The van der Waals surface area contributed by atoms with E-state index >= 15 is 0 Å². The minimum Gasteiger partial charge on any atom is -0.484 e. The van der Waals surface area contributed by atoms with Gasteiger partial charge in [0.25, 0.3) is 0 Å². The van der Waals surface area contributed by atoms with Crippen LogP contribution in [0.3, 0.4) is 0 Å². The minimum atomic E-state index is -0.396. The molecule has 0 aliphatic rings. The van der Waals surface area contributed by atoms with Crippen molar-refractivity contribution in [1.29, 1.82) is 5.26 Å². The second kappa shape index (κ2) is 5.78. The Morgan fingerprint density at radius 2 is 1.84 bits per heavy atom. The molecule has 2 aromatic carbocycles. The van der Waals surface area contributed by atoms with Gasteiger partial charge in [-0.05, 0) is 36.4 Å². The fraction of sp³-hybridized carbons (Fsp3) is 0.0667. The number of carbonyl (C=O) groups is 1. The smallest absolute Gasteiger partial charge is 0.200 e. The lowest BCUT2D eigenvalue weighted by Gasteiger charge is -2.06. The summed E-state index contributed by atoms with van der Waals surface area (Å²) in [6.45, 7) is -0.190. The van der Waals surface area contributed by atoms with E-state index in [1.165, 1.54) is 24.3 Å². The Bertz CT molecular complexity index is 629. The average Bonchev–Trinajstić information content (AvgIpc) is 2.45. The van der Waals surface area contributed by atoms with E-state index in [9.17, 15) is 9.18 Å². The van der Waals surface area contributed by atoms with Crippen molar-refractivity contribution in [2.75, 3.05) is 6.61 Å². The molecule has 0 saturated heterocycles. The molecule has 0 amide bonds. The zero-order chi connectivity index (χ0) is 13.7. The van der Waals surface area contributed by atoms with Crippen LogP contribution in [0.1, 0.15) is 15.9 Å². The molecule has 0 atom stereocenters. The van der Waals surface area contributed by atoms with Crippen molar-refractivity contribution >= 4 is 5.78 Å². The molecule has 0 saturated carbocycles. The first-order chi connectivity index (χ1) is 9.20. The topological polar surface area (TPSA) is 50.1 Å². The monoisotopic (exact) mass is 255 g/mol. The second-order valence-electron chi connectivity index (χ2n) is 3.83. The predicted octanol–water partition coefficient (Wildman–Crippen LogP) is 2.96. The third-order valence-corrected chi connectivity index (χ3v) is 2.53. The number of halogens is 1. The quantitative estimate of drug-likeness (QED) is 0.789. The van der Waals surface area contributed by atoms with Crippen LogP contribution in [-0.2, 0) is 0 Å². The van der Waals surface area contributed by atoms with Gasteiger partial charge in [0, 0.05) is 5.56 Å². The first-order valence-corrected chi connectivity index (χ1v) is 5.61. The molecule has 0 fully saturated rings. The number of benzene rings is 2. The summed E-state index contributed by atoms with van der Waals surface area (Å²) in [5.74, 6) is -0.305. The highest BCUT2D eigenvalue weighted by molar-refractivity contribution is 5.97. The van der Waals surface area contributed by atoms with E-state index in [1.807, 2.05) is 6.07 Å². The number of para-hydroxylation sites is 1. The van der Waals surface area contributed by atoms with Gasteiger partial charge in [-0.3, -0.25) is 4.79 Å². The van der Waals surface area contributed by atoms with Gasteiger partial charge in [-0.1, -0.05) is 12.1 Å². The van der Waals surface area contributed by atoms with E-state index in [4.69, 9.17) is 10.00 Å². The van der Waals surface area contributed by atoms with Crippen molar-refractivity contribution in [3.05, 3.63) is 65.5 Å². The largest absolute Gasteiger partial charge is 0.484 e. The second-order valence-corrected chi connectivity index (χ2v) is 3.83. The molecular weight excluding hydrogens is 245 g/mol. The van der Waals surface area contributed by atoms with E-state index in [0.717, 1.165) is 0 Å². The maximum Gasteiger partial charge on any atom is 0.200 e. The SMILES string of the molecule is N#Cc1ccccc1OCC(=O)c1ccc(F)cc1. The molecule has 0 aromatic heterocycles. The fourth-order valence-corrected chi connectivity index (χ4v) is 1.55. The molecule has 0 radical (unpaired) electrons. The molecule has 0 heterocycles. The van der Waals surface area contributed by atoms with Crippen LogP contribution in [0.4, 0.5) is 4.39 Å². The van der Waals surface area contributed by atoms with Crippen LogP contribution >= 0.6 is 0 Å². The zero-order valence-electron chi connectivity index (χ0n) is 9.97. The highest BCUT2D eigenvalue weighted by atomic mass is 19.1. The lowest BCUT2D eigenvalue weighted by Crippen LogP contribution is -2.12. The summed E-state index contributed by atoms with van der Waals surface area (Å²) in [5, 5.41) is 8.87. The molecule has 0 aliphatic heterocycles. The molecule has 0 unspecified atom stereocenters. The van der Waals surface area contributed by atoms with Crippen LogP contribution < -0.4 is 4.74 Å². The number of ketones is 1. The summed E-state index contributed by atoms with van der Waals surface area (Å²) < 4.78 is 18.0. The van der Waals surface area contributed by atoms with E-state index in [0.29, 0.717) is 16.9 Å². The molecule has 0 N–H and O–H groups in total. The number of carbonyl (C=O) groups excluding carboxylic acids is 1. The zero-order valence-corrected chi connectivity index (χ0v) is 9.97. The fourth-order valence-electron chi connectivity index (χ4n) is 1.55. The molecular formula is C15H10FNO2. The number of ether oxygens (including phenoxy) is 1. The summed E-state index contributed by atoms with van der Waals surface area (Å²) in [6.07, 6.45) is 0. The Kier molecular flexibility index (Phi) is 3.89. The van der Waals surface area contributed by atoms with Gasteiger partial charge in [0.15, 0.2) is 12.4 Å². The lowest BCUT2D eigenvalue weighted by atomic mass is 10.1. The molecule has 2 aromatic rings. The van der Waals surface area contributed by atoms with Gasteiger partial charge < -0.3 is 4.74 Å². The lowest BCUT2D eigenvalue weighted by molar-refractivity contribution is 0.0921. The van der Waals surface area contributed by atoms with E-state index in [2.05, 4.69) is 0 Å². The molecule has 19 heavy (non-hydrogen) atoms. The number of rotatable bonds is 4. The van der Waals surface area contributed by atoms with Crippen LogP contribution in [0.25, 0.3) is 0 Å².